The van der Waals surface area contributed by atoms with Gasteiger partial charge < -0.3 is 14.2 Å². The molecule has 440 valence electrons. The zero-order chi connectivity index (χ0) is 55.7. The van der Waals surface area contributed by atoms with Gasteiger partial charge in [-0.05, 0) is 83.5 Å². The maximum Gasteiger partial charge on any atom is 0.310 e. The molecule has 77 heavy (non-hydrogen) atoms. The molecule has 0 saturated carbocycles. The molecule has 0 radical (unpaired) electrons. The summed E-state index contributed by atoms with van der Waals surface area (Å²) >= 11 is 0. The van der Waals surface area contributed by atoms with Gasteiger partial charge in [0.1, 0.15) is 13.2 Å². The van der Waals surface area contributed by atoms with Crippen LogP contribution in [0.15, 0.2) is 109 Å². The number of rotatable bonds is 58. The molecule has 1 atom stereocenters. The van der Waals surface area contributed by atoms with Crippen LogP contribution in [0.2, 0.25) is 0 Å². The third kappa shape index (κ3) is 62.8. The third-order valence-corrected chi connectivity index (χ3v) is 13.8. The van der Waals surface area contributed by atoms with Crippen LogP contribution in [0.1, 0.15) is 303 Å². The van der Waals surface area contributed by atoms with Crippen molar-refractivity contribution >= 4 is 17.9 Å². The van der Waals surface area contributed by atoms with Crippen LogP contribution < -0.4 is 0 Å². The van der Waals surface area contributed by atoms with Crippen LogP contribution in [-0.4, -0.2) is 37.2 Å². The minimum atomic E-state index is -0.829. The summed E-state index contributed by atoms with van der Waals surface area (Å²) in [5.74, 6) is -1.04. The van der Waals surface area contributed by atoms with E-state index in [4.69, 9.17) is 14.2 Å². The van der Waals surface area contributed by atoms with Crippen LogP contribution >= 0.6 is 0 Å². The van der Waals surface area contributed by atoms with E-state index in [9.17, 15) is 14.4 Å². The summed E-state index contributed by atoms with van der Waals surface area (Å²) in [6.45, 7) is 6.34. The van der Waals surface area contributed by atoms with Crippen LogP contribution in [0.25, 0.3) is 0 Å². The van der Waals surface area contributed by atoms with Gasteiger partial charge in [0, 0.05) is 12.8 Å². The first-order valence-corrected chi connectivity index (χ1v) is 32.4. The minimum Gasteiger partial charge on any atom is -0.462 e. The molecule has 0 fully saturated rings. The fraction of sp³-hybridized carbons (Fsp3) is 0.704. The van der Waals surface area contributed by atoms with Crippen molar-refractivity contribution in [1.29, 1.82) is 0 Å². The SMILES string of the molecule is CC/C=C\C/C=C\C/C=C\C/C=C\C/C=C\CC(=O)OC(COC(=O)CCCCCCCCCCCCC)COC(=O)CCCCCCCCCCCCCCCCCCCCCC/C=C\C/C=C\C/C=C\C/C=C\CC. The van der Waals surface area contributed by atoms with Gasteiger partial charge >= 0.3 is 17.9 Å². The fourth-order valence-corrected chi connectivity index (χ4v) is 9.04. The van der Waals surface area contributed by atoms with Gasteiger partial charge in [0.25, 0.3) is 0 Å². The highest BCUT2D eigenvalue weighted by Crippen LogP contribution is 2.17. The first kappa shape index (κ1) is 73.1. The highest BCUT2D eigenvalue weighted by molar-refractivity contribution is 5.72. The Morgan fingerprint density at radius 3 is 0.857 bits per heavy atom. The predicted molar refractivity (Wildman–Crippen MR) is 334 cm³/mol. The largest absolute Gasteiger partial charge is 0.462 e. The minimum absolute atomic E-state index is 0.0982. The highest BCUT2D eigenvalue weighted by atomic mass is 16.6. The normalized spacial score (nSPS) is 12.8. The second-order valence-electron chi connectivity index (χ2n) is 21.3. The molecule has 0 N–H and O–H groups in total. The Balaban J connectivity index is 4.15. The number of hydrogen-bond donors (Lipinski definition) is 0. The molecule has 0 aromatic heterocycles. The fourth-order valence-electron chi connectivity index (χ4n) is 9.04. The van der Waals surface area contributed by atoms with Gasteiger partial charge in [-0.2, -0.15) is 0 Å². The van der Waals surface area contributed by atoms with Crippen molar-refractivity contribution in [2.24, 2.45) is 0 Å². The molecule has 6 heteroatoms. The number of unbranched alkanes of at least 4 members (excludes halogenated alkanes) is 30. The van der Waals surface area contributed by atoms with Crippen molar-refractivity contribution < 1.29 is 28.6 Å². The molecule has 0 aliphatic heterocycles. The molecule has 0 aliphatic carbocycles. The Morgan fingerprint density at radius 1 is 0.286 bits per heavy atom. The molecule has 0 heterocycles. The number of carbonyl (C=O) groups is 3. The molecular weight excluding hydrogens is 949 g/mol. The first-order chi connectivity index (χ1) is 38.0. The average Bonchev–Trinajstić information content (AvgIpc) is 3.43. The number of ether oxygens (including phenoxy) is 3. The van der Waals surface area contributed by atoms with Crippen LogP contribution in [0.4, 0.5) is 0 Å². The lowest BCUT2D eigenvalue weighted by molar-refractivity contribution is -0.166. The maximum absolute atomic E-state index is 12.8. The van der Waals surface area contributed by atoms with E-state index in [0.717, 1.165) is 96.3 Å². The van der Waals surface area contributed by atoms with Crippen molar-refractivity contribution in [3.63, 3.8) is 0 Å². The van der Waals surface area contributed by atoms with Crippen molar-refractivity contribution in [2.45, 2.75) is 309 Å². The first-order valence-electron chi connectivity index (χ1n) is 32.4. The Morgan fingerprint density at radius 2 is 0.545 bits per heavy atom. The number of allylic oxidation sites excluding steroid dienone is 17. The lowest BCUT2D eigenvalue weighted by Crippen LogP contribution is -2.30. The van der Waals surface area contributed by atoms with Gasteiger partial charge in [0.2, 0.25) is 0 Å². The second kappa shape index (κ2) is 64.6. The Hall–Kier alpha value is -3.93. The lowest BCUT2D eigenvalue weighted by Gasteiger charge is -2.18. The van der Waals surface area contributed by atoms with E-state index in [1.54, 1.807) is 6.08 Å². The molecule has 0 amide bonds. The van der Waals surface area contributed by atoms with Crippen molar-refractivity contribution in [3.8, 4) is 0 Å². The molecule has 0 aliphatic rings. The van der Waals surface area contributed by atoms with E-state index in [-0.39, 0.29) is 31.6 Å². The molecule has 6 nitrogen and oxygen atoms in total. The molecule has 0 bridgehead atoms. The van der Waals surface area contributed by atoms with E-state index in [2.05, 4.69) is 118 Å². The second-order valence-corrected chi connectivity index (χ2v) is 21.3. The van der Waals surface area contributed by atoms with Crippen molar-refractivity contribution in [2.75, 3.05) is 13.2 Å². The van der Waals surface area contributed by atoms with Gasteiger partial charge in [0.05, 0.1) is 6.42 Å². The quantitative estimate of drug-likeness (QED) is 0.0261. The standard InChI is InChI=1S/C71H120O6/c1-4-7-10-13-16-19-22-24-26-27-28-29-30-31-32-33-34-35-36-37-38-39-40-41-42-43-45-46-49-52-55-58-61-64-70(73)76-67-68(66-75-69(72)63-60-57-54-51-48-21-18-15-12-9-6-3)77-71(74)65-62-59-56-53-50-47-44-25-23-20-17-14-11-8-5-2/h7-8,10-11,16-17,19-20,24-26,28-29,44,50,53,59,62,68H,4-6,9,12-15,18,21-23,27,30-43,45-49,51-52,54-58,60-61,63-67H2,1-3H3/b10-7-,11-8-,19-16-,20-17-,26-24-,29-28-,44-25-,53-50-,62-59-. The number of hydrogen-bond acceptors (Lipinski definition) is 6. The van der Waals surface area contributed by atoms with Gasteiger partial charge in [-0.3, -0.25) is 14.4 Å². The smallest absolute Gasteiger partial charge is 0.310 e. The number of carbonyl (C=O) groups excluding carboxylic acids is 3. The summed E-state index contributed by atoms with van der Waals surface area (Å²) in [4.78, 5) is 38.1. The summed E-state index contributed by atoms with van der Waals surface area (Å²) < 4.78 is 16.8. The monoisotopic (exact) mass is 1070 g/mol. The number of esters is 3. The van der Waals surface area contributed by atoms with Gasteiger partial charge in [-0.15, -0.1) is 0 Å². The Bertz CT molecular complexity index is 1560. The molecule has 0 aromatic rings. The summed E-state index contributed by atoms with van der Waals surface area (Å²) in [6, 6.07) is 0. The summed E-state index contributed by atoms with van der Waals surface area (Å²) in [6.07, 6.45) is 88.7. The summed E-state index contributed by atoms with van der Waals surface area (Å²) in [7, 11) is 0. The van der Waals surface area contributed by atoms with E-state index >= 15 is 0 Å². The summed E-state index contributed by atoms with van der Waals surface area (Å²) in [5.41, 5.74) is 0. The third-order valence-electron chi connectivity index (χ3n) is 13.8. The molecule has 0 aromatic carbocycles. The van der Waals surface area contributed by atoms with Gasteiger partial charge in [-0.25, -0.2) is 0 Å². The van der Waals surface area contributed by atoms with Crippen LogP contribution in [0.3, 0.4) is 0 Å². The van der Waals surface area contributed by atoms with E-state index in [0.29, 0.717) is 12.8 Å². The molecule has 0 spiro atoms. The molecular formula is C71H120O6. The maximum atomic E-state index is 12.8. The van der Waals surface area contributed by atoms with E-state index in [1.165, 1.54) is 167 Å². The van der Waals surface area contributed by atoms with Crippen LogP contribution in [0, 0.1) is 0 Å². The molecule has 0 saturated heterocycles. The Kier molecular flexibility index (Phi) is 61.3. The molecule has 0 rings (SSSR count). The summed E-state index contributed by atoms with van der Waals surface area (Å²) in [5, 5.41) is 0. The van der Waals surface area contributed by atoms with Crippen molar-refractivity contribution in [3.05, 3.63) is 109 Å². The average molecular weight is 1070 g/mol. The van der Waals surface area contributed by atoms with Crippen LogP contribution in [0.5, 0.6) is 0 Å². The van der Waals surface area contributed by atoms with Crippen LogP contribution in [-0.2, 0) is 28.6 Å². The van der Waals surface area contributed by atoms with E-state index in [1.807, 2.05) is 6.08 Å². The highest BCUT2D eigenvalue weighted by Gasteiger charge is 2.19. The Labute approximate surface area is 476 Å². The topological polar surface area (TPSA) is 78.9 Å². The zero-order valence-corrected chi connectivity index (χ0v) is 50.4. The van der Waals surface area contributed by atoms with Crippen molar-refractivity contribution in [1.82, 2.24) is 0 Å². The zero-order valence-electron chi connectivity index (χ0n) is 50.4. The van der Waals surface area contributed by atoms with E-state index < -0.39 is 12.1 Å². The lowest BCUT2D eigenvalue weighted by atomic mass is 10.0. The molecule has 1 unspecified atom stereocenters. The van der Waals surface area contributed by atoms with Gasteiger partial charge in [-0.1, -0.05) is 310 Å². The van der Waals surface area contributed by atoms with Gasteiger partial charge in [0.15, 0.2) is 6.10 Å². The predicted octanol–water partition coefficient (Wildman–Crippen LogP) is 22.2.